The van der Waals surface area contributed by atoms with Crippen LogP contribution < -0.4 is 0 Å². The van der Waals surface area contributed by atoms with E-state index in [2.05, 4.69) is 47.6 Å². The maximum absolute atomic E-state index is 14.0. The molecule has 4 rings (SSSR count). The lowest BCUT2D eigenvalue weighted by atomic mass is 9.42. The molecule has 4 aliphatic rings. The Bertz CT molecular complexity index is 917. The maximum Gasteiger partial charge on any atom is 0.303 e. The van der Waals surface area contributed by atoms with E-state index in [0.29, 0.717) is 18.1 Å². The lowest BCUT2D eigenvalue weighted by Gasteiger charge is -2.61. The summed E-state index contributed by atoms with van der Waals surface area (Å²) in [6.45, 7) is 14.9. The molecule has 5 nitrogen and oxygen atoms in total. The van der Waals surface area contributed by atoms with Gasteiger partial charge in [-0.1, -0.05) is 53.2 Å². The minimum Gasteiger partial charge on any atom is -0.481 e. The predicted molar refractivity (Wildman–Crippen MR) is 126 cm³/mol. The van der Waals surface area contributed by atoms with Crippen molar-refractivity contribution < 1.29 is 24.2 Å². The van der Waals surface area contributed by atoms with Crippen LogP contribution in [0.5, 0.6) is 0 Å². The number of esters is 1. The second-order valence-electron chi connectivity index (χ2n) is 12.9. The quantitative estimate of drug-likeness (QED) is 0.415. The number of fused-ring (bicyclic) bond motifs is 4. The number of carboxylic acid groups (broad SMARTS) is 1. The van der Waals surface area contributed by atoms with Gasteiger partial charge in [0.1, 0.15) is 11.9 Å². The van der Waals surface area contributed by atoms with Crippen LogP contribution in [-0.4, -0.2) is 28.9 Å². The minimum absolute atomic E-state index is 0.0279. The number of carbonyl (C=O) groups is 3. The van der Waals surface area contributed by atoms with Gasteiger partial charge in [0.25, 0.3) is 0 Å². The molecule has 184 valence electrons. The van der Waals surface area contributed by atoms with Gasteiger partial charge in [-0.05, 0) is 66.6 Å². The number of hydrogen-bond acceptors (Lipinski definition) is 4. The molecule has 3 saturated carbocycles. The Kier molecular flexibility index (Phi) is 5.50. The van der Waals surface area contributed by atoms with Crippen LogP contribution in [0.25, 0.3) is 0 Å². The van der Waals surface area contributed by atoms with Crippen LogP contribution in [0.2, 0.25) is 0 Å². The fourth-order valence-corrected chi connectivity index (χ4v) is 9.28. The second-order valence-corrected chi connectivity index (χ2v) is 12.9. The molecule has 0 saturated heterocycles. The van der Waals surface area contributed by atoms with Crippen molar-refractivity contribution in [1.29, 1.82) is 0 Å². The molecule has 0 unspecified atom stereocenters. The fourth-order valence-electron chi connectivity index (χ4n) is 9.28. The lowest BCUT2D eigenvalue weighted by molar-refractivity contribution is -0.174. The molecule has 0 aromatic carbocycles. The average Bonchev–Trinajstić information content (AvgIpc) is 3.16. The zero-order valence-electron chi connectivity index (χ0n) is 21.5. The third-order valence-corrected chi connectivity index (χ3v) is 11.5. The van der Waals surface area contributed by atoms with Gasteiger partial charge in [-0.15, -0.1) is 0 Å². The average molecular weight is 459 g/mol. The number of allylic oxidation sites excluding steroid dienone is 2. The summed E-state index contributed by atoms with van der Waals surface area (Å²) in [6, 6.07) is 0. The van der Waals surface area contributed by atoms with Gasteiger partial charge in [0.15, 0.2) is 0 Å². The van der Waals surface area contributed by atoms with Gasteiger partial charge in [0, 0.05) is 25.2 Å². The fraction of sp³-hybridized carbons (Fsp3) is 0.821. The highest BCUT2D eigenvalue weighted by Gasteiger charge is 2.73. The van der Waals surface area contributed by atoms with Crippen molar-refractivity contribution in [3.63, 3.8) is 0 Å². The molecule has 0 amide bonds. The van der Waals surface area contributed by atoms with Gasteiger partial charge in [0.05, 0.1) is 5.41 Å². The van der Waals surface area contributed by atoms with Crippen LogP contribution in [0.1, 0.15) is 99.8 Å². The number of carbonyl (C=O) groups excluding carboxylic acids is 2. The molecule has 0 aliphatic heterocycles. The van der Waals surface area contributed by atoms with Crippen molar-refractivity contribution in [2.75, 3.05) is 0 Å². The van der Waals surface area contributed by atoms with Crippen LogP contribution >= 0.6 is 0 Å². The molecule has 1 spiro atoms. The summed E-state index contributed by atoms with van der Waals surface area (Å²) >= 11 is 0. The molecular weight excluding hydrogens is 416 g/mol. The molecule has 1 N–H and O–H groups in total. The summed E-state index contributed by atoms with van der Waals surface area (Å²) in [6.07, 6.45) is 8.06. The molecule has 0 aromatic heterocycles. The van der Waals surface area contributed by atoms with E-state index < -0.39 is 11.4 Å². The van der Waals surface area contributed by atoms with E-state index in [4.69, 9.17) is 4.74 Å². The van der Waals surface area contributed by atoms with Crippen LogP contribution in [-0.2, 0) is 19.1 Å². The zero-order valence-corrected chi connectivity index (χ0v) is 21.5. The highest BCUT2D eigenvalue weighted by Crippen LogP contribution is 2.77. The van der Waals surface area contributed by atoms with Crippen molar-refractivity contribution in [2.45, 2.75) is 106 Å². The SMILES string of the molecule is CC(=O)O[C@H]1CC[C@@]2(C)[C@@H](CC[C@@]23C(=O)CC[C@]2(C)C3=CC[C@@]2(C)[C@H](C)CC(=O)O)C1(C)C. The van der Waals surface area contributed by atoms with E-state index in [9.17, 15) is 19.5 Å². The summed E-state index contributed by atoms with van der Waals surface area (Å²) in [5.74, 6) is -0.278. The Balaban J connectivity index is 1.77. The van der Waals surface area contributed by atoms with Gasteiger partial charge in [0.2, 0.25) is 0 Å². The summed E-state index contributed by atoms with van der Waals surface area (Å²) in [5, 5.41) is 9.52. The van der Waals surface area contributed by atoms with E-state index in [1.165, 1.54) is 12.5 Å². The number of Topliss-reactive ketones (excluding diaryl/α,β-unsaturated/α-hetero) is 1. The van der Waals surface area contributed by atoms with Crippen LogP contribution in [0.15, 0.2) is 11.6 Å². The number of ketones is 1. The number of aliphatic carboxylic acids is 1. The highest BCUT2D eigenvalue weighted by atomic mass is 16.5. The first-order chi connectivity index (χ1) is 15.2. The molecule has 0 aromatic rings. The zero-order chi connectivity index (χ0) is 24.6. The first kappa shape index (κ1) is 24.5. The molecule has 3 fully saturated rings. The van der Waals surface area contributed by atoms with Crippen LogP contribution in [0, 0.1) is 38.9 Å². The molecule has 5 heteroatoms. The normalized spacial score (nSPS) is 44.7. The van der Waals surface area contributed by atoms with Crippen molar-refractivity contribution in [2.24, 2.45) is 38.9 Å². The van der Waals surface area contributed by atoms with Crippen molar-refractivity contribution in [1.82, 2.24) is 0 Å². The first-order valence-electron chi connectivity index (χ1n) is 12.8. The maximum atomic E-state index is 14.0. The van der Waals surface area contributed by atoms with E-state index in [-0.39, 0.29) is 46.1 Å². The molecule has 4 aliphatic carbocycles. The largest absolute Gasteiger partial charge is 0.481 e. The van der Waals surface area contributed by atoms with Crippen LogP contribution in [0.3, 0.4) is 0 Å². The van der Waals surface area contributed by atoms with E-state index >= 15 is 0 Å². The first-order valence-corrected chi connectivity index (χ1v) is 12.8. The molecule has 33 heavy (non-hydrogen) atoms. The van der Waals surface area contributed by atoms with Crippen molar-refractivity contribution >= 4 is 17.7 Å². The summed E-state index contributed by atoms with van der Waals surface area (Å²) in [7, 11) is 0. The van der Waals surface area contributed by atoms with E-state index in [1.807, 2.05) is 0 Å². The van der Waals surface area contributed by atoms with E-state index in [0.717, 1.165) is 38.5 Å². The highest BCUT2D eigenvalue weighted by molar-refractivity contribution is 5.91. The van der Waals surface area contributed by atoms with Gasteiger partial charge in [-0.2, -0.15) is 0 Å². The Morgan fingerprint density at radius 1 is 1.12 bits per heavy atom. The standard InChI is InChI=1S/C28H42O5/c1-17(16-23(31)32)25(5)12-8-20-26(25,6)13-10-21(30)28(20)15-9-19-24(3,4)22(33-18(2)29)11-14-27(19,28)7/h8,17,19,22H,9-16H2,1-7H3,(H,31,32)/t17-,19+,22+,25+,26-,27+,28-/m1/s1. The Morgan fingerprint density at radius 2 is 1.79 bits per heavy atom. The third kappa shape index (κ3) is 2.99. The van der Waals surface area contributed by atoms with Crippen molar-refractivity contribution in [3.05, 3.63) is 11.6 Å². The van der Waals surface area contributed by atoms with Gasteiger partial charge >= 0.3 is 11.9 Å². The molecule has 0 radical (unpaired) electrons. The summed E-state index contributed by atoms with van der Waals surface area (Å²) in [4.78, 5) is 37.4. The Hall–Kier alpha value is -1.65. The number of hydrogen-bond donors (Lipinski definition) is 1. The van der Waals surface area contributed by atoms with Gasteiger partial charge in [-0.3, -0.25) is 14.4 Å². The number of rotatable bonds is 4. The van der Waals surface area contributed by atoms with Crippen molar-refractivity contribution in [3.8, 4) is 0 Å². The number of carboxylic acids is 1. The third-order valence-electron chi connectivity index (χ3n) is 11.5. The molecule has 0 heterocycles. The lowest BCUT2D eigenvalue weighted by Crippen LogP contribution is -2.59. The second kappa shape index (κ2) is 7.42. The Labute approximate surface area is 198 Å². The van der Waals surface area contributed by atoms with Crippen LogP contribution in [0.4, 0.5) is 0 Å². The number of ether oxygens (including phenoxy) is 1. The monoisotopic (exact) mass is 458 g/mol. The molecule has 0 bridgehead atoms. The molecular formula is C28H42O5. The smallest absolute Gasteiger partial charge is 0.303 e. The predicted octanol–water partition coefficient (Wildman–Crippen LogP) is 5.96. The molecule has 7 atom stereocenters. The summed E-state index contributed by atoms with van der Waals surface area (Å²) in [5.41, 5.74) is 0.0913. The Morgan fingerprint density at radius 3 is 2.39 bits per heavy atom. The van der Waals surface area contributed by atoms with Gasteiger partial charge < -0.3 is 9.84 Å². The van der Waals surface area contributed by atoms with Gasteiger partial charge in [-0.25, -0.2) is 0 Å². The van der Waals surface area contributed by atoms with E-state index in [1.54, 1.807) is 0 Å². The summed E-state index contributed by atoms with van der Waals surface area (Å²) < 4.78 is 5.78. The minimum atomic E-state index is -0.749. The topological polar surface area (TPSA) is 80.7 Å².